The van der Waals surface area contributed by atoms with Gasteiger partial charge < -0.3 is 4.42 Å². The van der Waals surface area contributed by atoms with E-state index in [1.54, 1.807) is 0 Å². The lowest BCUT2D eigenvalue weighted by Crippen LogP contribution is -2.16. The summed E-state index contributed by atoms with van der Waals surface area (Å²) in [5, 5.41) is 8.65. The number of aromatic nitrogens is 2. The molecule has 3 rings (SSSR count). The molecule has 3 heteroatoms. The van der Waals surface area contributed by atoms with Crippen molar-refractivity contribution in [1.82, 2.24) is 10.2 Å². The van der Waals surface area contributed by atoms with E-state index in [4.69, 9.17) is 4.42 Å². The van der Waals surface area contributed by atoms with Gasteiger partial charge >= 0.3 is 0 Å². The summed E-state index contributed by atoms with van der Waals surface area (Å²) < 4.78 is 6.06. The maximum Gasteiger partial charge on any atom is 0.248 e. The van der Waals surface area contributed by atoms with Crippen LogP contribution in [0.25, 0.3) is 22.9 Å². The third kappa shape index (κ3) is 4.13. The first kappa shape index (κ1) is 19.3. The number of hydrogen-bond donors (Lipinski definition) is 0. The summed E-state index contributed by atoms with van der Waals surface area (Å²) in [7, 11) is 0. The summed E-state index contributed by atoms with van der Waals surface area (Å²) in [5.74, 6) is 1.13. The van der Waals surface area contributed by atoms with Gasteiger partial charge in [-0.15, -0.1) is 10.2 Å². The van der Waals surface area contributed by atoms with Crippen LogP contribution in [0.1, 0.15) is 63.8 Å². The Balaban J connectivity index is 2.09. The zero-order valence-electron chi connectivity index (χ0n) is 17.8. The molecule has 0 aliphatic rings. The fourth-order valence-corrected chi connectivity index (χ4v) is 2.95. The Morgan fingerprint density at radius 2 is 1.15 bits per heavy atom. The van der Waals surface area contributed by atoms with Crippen LogP contribution in [0.15, 0.2) is 40.8 Å². The lowest BCUT2D eigenvalue weighted by atomic mass is 9.79. The predicted molar refractivity (Wildman–Crippen MR) is 112 cm³/mol. The summed E-state index contributed by atoms with van der Waals surface area (Å²) >= 11 is 0. The first-order chi connectivity index (χ1) is 12.4. The van der Waals surface area contributed by atoms with E-state index in [1.165, 1.54) is 22.3 Å². The normalized spacial score (nSPS) is 12.4. The molecule has 0 unspecified atom stereocenters. The Hall–Kier alpha value is -2.42. The number of benzene rings is 2. The molecule has 3 nitrogen and oxygen atoms in total. The highest BCUT2D eigenvalue weighted by Gasteiger charge is 2.22. The maximum absolute atomic E-state index is 6.06. The van der Waals surface area contributed by atoms with E-state index in [1.807, 2.05) is 6.07 Å². The molecule has 0 aliphatic carbocycles. The minimum atomic E-state index is 0.0485. The topological polar surface area (TPSA) is 38.9 Å². The zero-order chi connectivity index (χ0) is 20.0. The molecule has 0 N–H and O–H groups in total. The highest BCUT2D eigenvalue weighted by molar-refractivity contribution is 5.61. The van der Waals surface area contributed by atoms with Crippen LogP contribution in [0.2, 0.25) is 0 Å². The number of hydrogen-bond acceptors (Lipinski definition) is 3. The van der Waals surface area contributed by atoms with Gasteiger partial charge in [0.05, 0.1) is 0 Å². The van der Waals surface area contributed by atoms with Crippen molar-refractivity contribution in [2.75, 3.05) is 0 Å². The van der Waals surface area contributed by atoms with Crippen molar-refractivity contribution in [2.45, 2.75) is 66.2 Å². The van der Waals surface area contributed by atoms with Crippen molar-refractivity contribution in [1.29, 1.82) is 0 Å². The Labute approximate surface area is 162 Å². The van der Waals surface area contributed by atoms with Gasteiger partial charge in [0.2, 0.25) is 11.8 Å². The molecule has 1 aromatic heterocycles. The summed E-state index contributed by atoms with van der Waals surface area (Å²) in [6, 6.07) is 12.9. The van der Waals surface area contributed by atoms with Gasteiger partial charge in [-0.2, -0.15) is 0 Å². The van der Waals surface area contributed by atoms with Crippen molar-refractivity contribution < 1.29 is 4.42 Å². The van der Waals surface area contributed by atoms with Gasteiger partial charge in [-0.3, -0.25) is 0 Å². The minimum absolute atomic E-state index is 0.0485. The fourth-order valence-electron chi connectivity index (χ4n) is 2.95. The standard InChI is InChI=1S/C24H30N2O/c1-15-9-10-17(11-16(15)2)21-25-26-22(27-21)18-12-19(23(3,4)5)14-20(13-18)24(6,7)8/h9-14H,1-8H3. The first-order valence-electron chi connectivity index (χ1n) is 9.53. The lowest BCUT2D eigenvalue weighted by molar-refractivity contribution is 0.564. The second-order valence-electron chi connectivity index (χ2n) is 9.51. The van der Waals surface area contributed by atoms with Gasteiger partial charge in [0.15, 0.2) is 0 Å². The number of aryl methyl sites for hydroxylation is 2. The van der Waals surface area contributed by atoms with Crippen molar-refractivity contribution >= 4 is 0 Å². The molecule has 0 aliphatic heterocycles. The van der Waals surface area contributed by atoms with Gasteiger partial charge in [0.1, 0.15) is 0 Å². The second-order valence-corrected chi connectivity index (χ2v) is 9.51. The van der Waals surface area contributed by atoms with Crippen LogP contribution < -0.4 is 0 Å². The van der Waals surface area contributed by atoms with Gasteiger partial charge in [-0.05, 0) is 71.2 Å². The molecule has 1 heterocycles. The summed E-state index contributed by atoms with van der Waals surface area (Å²) in [4.78, 5) is 0. The van der Waals surface area contributed by atoms with Gasteiger partial charge in [-0.1, -0.05) is 53.7 Å². The summed E-state index contributed by atoms with van der Waals surface area (Å²) in [6.07, 6.45) is 0. The van der Waals surface area contributed by atoms with Crippen molar-refractivity contribution in [3.63, 3.8) is 0 Å². The second kappa shape index (κ2) is 6.63. The van der Waals surface area contributed by atoms with E-state index in [0.717, 1.165) is 11.1 Å². The molecule has 2 aromatic carbocycles. The Morgan fingerprint density at radius 1 is 0.630 bits per heavy atom. The third-order valence-electron chi connectivity index (χ3n) is 5.09. The van der Waals surface area contributed by atoms with Crippen LogP contribution in [0.4, 0.5) is 0 Å². The Kier molecular flexibility index (Phi) is 4.75. The molecule has 0 saturated carbocycles. The van der Waals surface area contributed by atoms with Crippen molar-refractivity contribution in [3.05, 3.63) is 58.7 Å². The largest absolute Gasteiger partial charge is 0.416 e. The average molecular weight is 363 g/mol. The lowest BCUT2D eigenvalue weighted by Gasteiger charge is -2.25. The SMILES string of the molecule is Cc1ccc(-c2nnc(-c3cc(C(C)(C)C)cc(C(C)(C)C)c3)o2)cc1C. The number of rotatable bonds is 2. The minimum Gasteiger partial charge on any atom is -0.416 e. The third-order valence-corrected chi connectivity index (χ3v) is 5.09. The van der Waals surface area contributed by atoms with Crippen LogP contribution in [-0.2, 0) is 10.8 Å². The van der Waals surface area contributed by atoms with Gasteiger partial charge in [0, 0.05) is 11.1 Å². The van der Waals surface area contributed by atoms with E-state index in [9.17, 15) is 0 Å². The molecule has 3 aromatic rings. The van der Waals surface area contributed by atoms with E-state index in [-0.39, 0.29) is 10.8 Å². The molecule has 0 saturated heterocycles. The highest BCUT2D eigenvalue weighted by Crippen LogP contribution is 2.34. The summed E-state index contributed by atoms with van der Waals surface area (Å²) in [6.45, 7) is 17.6. The zero-order valence-corrected chi connectivity index (χ0v) is 17.8. The average Bonchev–Trinajstić information content (AvgIpc) is 3.05. The highest BCUT2D eigenvalue weighted by atomic mass is 16.4. The molecule has 0 radical (unpaired) electrons. The quantitative estimate of drug-likeness (QED) is 0.514. The molecule has 0 fully saturated rings. The van der Waals surface area contributed by atoms with Gasteiger partial charge in [-0.25, -0.2) is 0 Å². The molecule has 27 heavy (non-hydrogen) atoms. The van der Waals surface area contributed by atoms with E-state index >= 15 is 0 Å². The molecule has 0 spiro atoms. The van der Waals surface area contributed by atoms with Crippen LogP contribution in [0.5, 0.6) is 0 Å². The molecule has 142 valence electrons. The van der Waals surface area contributed by atoms with Crippen LogP contribution in [0, 0.1) is 13.8 Å². The van der Waals surface area contributed by atoms with Gasteiger partial charge in [0.25, 0.3) is 0 Å². The first-order valence-corrected chi connectivity index (χ1v) is 9.53. The smallest absolute Gasteiger partial charge is 0.248 e. The van der Waals surface area contributed by atoms with E-state index in [2.05, 4.69) is 95.9 Å². The predicted octanol–water partition coefficient (Wildman–Crippen LogP) is 6.62. The molecule has 0 amide bonds. The number of nitrogens with zero attached hydrogens (tertiary/aromatic N) is 2. The van der Waals surface area contributed by atoms with Crippen molar-refractivity contribution in [3.8, 4) is 22.9 Å². The Bertz CT molecular complexity index is 937. The molecule has 0 bridgehead atoms. The Morgan fingerprint density at radius 3 is 1.63 bits per heavy atom. The monoisotopic (exact) mass is 362 g/mol. The molecule has 0 atom stereocenters. The molecular formula is C24H30N2O. The molecular weight excluding hydrogens is 332 g/mol. The van der Waals surface area contributed by atoms with E-state index < -0.39 is 0 Å². The van der Waals surface area contributed by atoms with Crippen LogP contribution in [0.3, 0.4) is 0 Å². The fraction of sp³-hybridized carbons (Fsp3) is 0.417. The van der Waals surface area contributed by atoms with E-state index in [0.29, 0.717) is 11.8 Å². The summed E-state index contributed by atoms with van der Waals surface area (Å²) in [5.41, 5.74) is 7.06. The van der Waals surface area contributed by atoms with Crippen LogP contribution >= 0.6 is 0 Å². The van der Waals surface area contributed by atoms with Crippen molar-refractivity contribution in [2.24, 2.45) is 0 Å². The van der Waals surface area contributed by atoms with Crippen LogP contribution in [-0.4, -0.2) is 10.2 Å². The maximum atomic E-state index is 6.06.